The maximum absolute atomic E-state index is 10.7. The molecule has 0 bridgehead atoms. The van der Waals surface area contributed by atoms with Crippen molar-refractivity contribution in [1.29, 1.82) is 0 Å². The van der Waals surface area contributed by atoms with Crippen molar-refractivity contribution < 1.29 is 34.6 Å². The van der Waals surface area contributed by atoms with E-state index in [9.17, 15) is 20.4 Å². The van der Waals surface area contributed by atoms with Crippen LogP contribution >= 0.6 is 11.8 Å². The smallest absolute Gasteiger partial charge is 0.161 e. The van der Waals surface area contributed by atoms with Crippen LogP contribution in [0.3, 0.4) is 0 Å². The first-order chi connectivity index (χ1) is 15.0. The van der Waals surface area contributed by atoms with E-state index in [0.717, 1.165) is 45.9 Å². The van der Waals surface area contributed by atoms with Crippen molar-refractivity contribution in [1.82, 2.24) is 0 Å². The molecule has 7 nitrogen and oxygen atoms in total. The van der Waals surface area contributed by atoms with Crippen LogP contribution in [0, 0.1) is 0 Å². The van der Waals surface area contributed by atoms with Crippen LogP contribution in [-0.4, -0.2) is 70.4 Å². The second-order valence-corrected chi connectivity index (χ2v) is 9.56. The second-order valence-electron chi connectivity index (χ2n) is 8.17. The highest BCUT2D eigenvalue weighted by molar-refractivity contribution is 8.00. The third kappa shape index (κ3) is 3.87. The molecule has 0 spiro atoms. The number of hydrogen-bond acceptors (Lipinski definition) is 8. The van der Waals surface area contributed by atoms with E-state index in [0.29, 0.717) is 26.2 Å². The van der Waals surface area contributed by atoms with Crippen LogP contribution in [0.25, 0.3) is 0 Å². The third-order valence-corrected chi connectivity index (χ3v) is 7.73. The van der Waals surface area contributed by atoms with Gasteiger partial charge >= 0.3 is 0 Å². The lowest BCUT2D eigenvalue weighted by atomic mass is 9.92. The molecule has 31 heavy (non-hydrogen) atoms. The molecule has 166 valence electrons. The predicted molar refractivity (Wildman–Crippen MR) is 115 cm³/mol. The minimum atomic E-state index is -1.31. The number of fused-ring (bicyclic) bond motifs is 2. The Hall–Kier alpha value is -1.97. The molecule has 0 aromatic heterocycles. The van der Waals surface area contributed by atoms with Gasteiger partial charge in [0.2, 0.25) is 0 Å². The summed E-state index contributed by atoms with van der Waals surface area (Å²) in [4.78, 5) is 0. The standard InChI is InChI=1S/C23H26O7S/c24-11-18-19(25)20(26)21(27)23(31-18)15-9-13-3-4-30-22(13)14(10-15)7-12-1-2-16-17(8-12)29-6-5-28-16/h1-2,8-10,18-21,23-27H,3-7,11H2/t18?,19-,20+,21-,23+/m1/s1. The van der Waals surface area contributed by atoms with Gasteiger partial charge in [0, 0.05) is 12.8 Å². The molecular weight excluding hydrogens is 420 g/mol. The normalized spacial score (nSPS) is 29.4. The molecular formula is C23H26O7S. The van der Waals surface area contributed by atoms with Crippen molar-refractivity contribution in [2.24, 2.45) is 0 Å². The van der Waals surface area contributed by atoms with Crippen molar-refractivity contribution in [2.45, 2.75) is 41.7 Å². The number of benzene rings is 2. The van der Waals surface area contributed by atoms with Gasteiger partial charge in [-0.3, -0.25) is 0 Å². The van der Waals surface area contributed by atoms with Gasteiger partial charge in [0.1, 0.15) is 25.1 Å². The zero-order valence-corrected chi connectivity index (χ0v) is 17.8. The molecule has 5 rings (SSSR count). The largest absolute Gasteiger partial charge is 0.493 e. The minimum absolute atomic E-state index is 0.274. The highest BCUT2D eigenvalue weighted by atomic mass is 32.2. The summed E-state index contributed by atoms with van der Waals surface area (Å²) in [6, 6.07) is 9.91. The van der Waals surface area contributed by atoms with Gasteiger partial charge in [-0.1, -0.05) is 18.2 Å². The maximum atomic E-state index is 10.7. The van der Waals surface area contributed by atoms with Crippen LogP contribution in [-0.2, 0) is 12.8 Å². The van der Waals surface area contributed by atoms with Gasteiger partial charge in [-0.05, 0) is 34.4 Å². The summed E-state index contributed by atoms with van der Waals surface area (Å²) in [5.41, 5.74) is 3.98. The van der Waals surface area contributed by atoms with E-state index in [4.69, 9.17) is 14.2 Å². The van der Waals surface area contributed by atoms with Crippen LogP contribution in [0.15, 0.2) is 30.3 Å². The van der Waals surface area contributed by atoms with E-state index in [-0.39, 0.29) is 6.61 Å². The average molecular weight is 447 g/mol. The Balaban J connectivity index is 1.48. The number of hydrogen-bond donors (Lipinski definition) is 4. The fourth-order valence-electron chi connectivity index (χ4n) is 4.51. The second kappa shape index (κ2) is 8.52. The van der Waals surface area contributed by atoms with Gasteiger partial charge in [-0.15, -0.1) is 11.8 Å². The molecule has 0 radical (unpaired) electrons. The van der Waals surface area contributed by atoms with Gasteiger partial charge in [-0.25, -0.2) is 0 Å². The average Bonchev–Trinajstić information content (AvgIpc) is 3.27. The molecule has 8 heteroatoms. The Kier molecular flexibility index (Phi) is 5.75. The highest BCUT2D eigenvalue weighted by Gasteiger charge is 2.44. The van der Waals surface area contributed by atoms with Gasteiger partial charge in [0.05, 0.1) is 35.9 Å². The Labute approximate surface area is 184 Å². The summed E-state index contributed by atoms with van der Waals surface area (Å²) in [5, 5.41) is 39.7. The molecule has 0 amide bonds. The van der Waals surface area contributed by atoms with Crippen LogP contribution in [0.4, 0.5) is 0 Å². The van der Waals surface area contributed by atoms with Gasteiger partial charge in [-0.2, -0.15) is 0 Å². The Bertz CT molecular complexity index is 963. The molecule has 1 fully saturated rings. The third-order valence-electron chi connectivity index (χ3n) is 6.10. The maximum Gasteiger partial charge on any atom is 0.161 e. The molecule has 4 N–H and O–H groups in total. The predicted octanol–water partition coefficient (Wildman–Crippen LogP) is 1.21. The minimum Gasteiger partial charge on any atom is -0.493 e. The first-order valence-electron chi connectivity index (χ1n) is 10.5. The lowest BCUT2D eigenvalue weighted by Gasteiger charge is -2.39. The molecule has 2 aromatic carbocycles. The summed E-state index contributed by atoms with van der Waals surface area (Å²) in [6.07, 6.45) is -2.22. The quantitative estimate of drug-likeness (QED) is 0.555. The van der Waals surface area contributed by atoms with Gasteiger partial charge < -0.3 is 34.6 Å². The topological polar surface area (TPSA) is 109 Å². The summed E-state index contributed by atoms with van der Waals surface area (Å²) in [5.74, 6) is 2.35. The molecule has 3 aliphatic heterocycles. The monoisotopic (exact) mass is 446 g/mol. The summed E-state index contributed by atoms with van der Waals surface area (Å²) >= 11 is 1.30. The van der Waals surface area contributed by atoms with Crippen molar-refractivity contribution in [2.75, 3.05) is 26.4 Å². The zero-order valence-electron chi connectivity index (χ0n) is 16.9. The Morgan fingerprint density at radius 1 is 0.871 bits per heavy atom. The molecule has 3 heterocycles. The van der Waals surface area contributed by atoms with Crippen molar-refractivity contribution in [3.05, 3.63) is 52.6 Å². The number of ether oxygens (including phenoxy) is 3. The van der Waals surface area contributed by atoms with E-state index in [2.05, 4.69) is 0 Å². The van der Waals surface area contributed by atoms with Crippen LogP contribution in [0.5, 0.6) is 17.2 Å². The van der Waals surface area contributed by atoms with E-state index in [1.807, 2.05) is 30.3 Å². The van der Waals surface area contributed by atoms with Crippen LogP contribution < -0.4 is 14.2 Å². The summed E-state index contributed by atoms with van der Waals surface area (Å²) in [7, 11) is 0. The van der Waals surface area contributed by atoms with Gasteiger partial charge in [0.15, 0.2) is 11.5 Å². The first-order valence-corrected chi connectivity index (χ1v) is 11.5. The van der Waals surface area contributed by atoms with E-state index in [1.165, 1.54) is 11.8 Å². The number of aliphatic hydroxyl groups is 4. The number of rotatable bonds is 4. The molecule has 3 aliphatic rings. The van der Waals surface area contributed by atoms with Crippen LogP contribution in [0.2, 0.25) is 0 Å². The summed E-state index contributed by atoms with van der Waals surface area (Å²) < 4.78 is 17.2. The zero-order chi connectivity index (χ0) is 21.5. The van der Waals surface area contributed by atoms with E-state index in [1.54, 1.807) is 0 Å². The van der Waals surface area contributed by atoms with E-state index >= 15 is 0 Å². The lowest BCUT2D eigenvalue weighted by Crippen LogP contribution is -2.51. The first kappa shape index (κ1) is 20.9. The molecule has 1 saturated heterocycles. The fraction of sp³-hybridized carbons (Fsp3) is 0.478. The Morgan fingerprint density at radius 3 is 2.48 bits per heavy atom. The molecule has 1 unspecified atom stereocenters. The summed E-state index contributed by atoms with van der Waals surface area (Å²) in [6.45, 7) is 1.41. The molecule has 0 aliphatic carbocycles. The number of aliphatic hydroxyl groups excluding tert-OH is 4. The van der Waals surface area contributed by atoms with Crippen molar-refractivity contribution in [3.8, 4) is 17.2 Å². The van der Waals surface area contributed by atoms with Gasteiger partial charge in [0.25, 0.3) is 0 Å². The van der Waals surface area contributed by atoms with Crippen molar-refractivity contribution in [3.63, 3.8) is 0 Å². The molecule has 0 saturated carbocycles. The SMILES string of the molecule is OCC1S[C@@H](c2cc3c(c(Cc4ccc5c(c4)OCCO5)c2)OCC3)[C@H](O)[C@@H](O)[C@@H]1O. The fourth-order valence-corrected chi connectivity index (χ4v) is 5.91. The number of thioether (sulfide) groups is 1. The van der Waals surface area contributed by atoms with Crippen molar-refractivity contribution >= 4 is 11.8 Å². The van der Waals surface area contributed by atoms with E-state index < -0.39 is 28.8 Å². The lowest BCUT2D eigenvalue weighted by molar-refractivity contribution is -0.0700. The molecule has 5 atom stereocenters. The Morgan fingerprint density at radius 2 is 1.68 bits per heavy atom. The molecule has 2 aromatic rings. The van der Waals surface area contributed by atoms with Crippen LogP contribution in [0.1, 0.15) is 27.5 Å². The highest BCUT2D eigenvalue weighted by Crippen LogP contribution is 2.45.